The zero-order chi connectivity index (χ0) is 17.3. The topological polar surface area (TPSA) is 92.4 Å². The van der Waals surface area contributed by atoms with Gasteiger partial charge < -0.3 is 10.4 Å². The molecule has 2 N–H and O–H groups in total. The van der Waals surface area contributed by atoms with Gasteiger partial charge in [-0.05, 0) is 30.7 Å². The molecule has 24 heavy (non-hydrogen) atoms. The number of aliphatic hydroxyl groups is 1. The molecule has 7 nitrogen and oxygen atoms in total. The van der Waals surface area contributed by atoms with Crippen molar-refractivity contribution in [3.8, 4) is 0 Å². The van der Waals surface area contributed by atoms with E-state index in [9.17, 15) is 14.3 Å². The Morgan fingerprint density at radius 3 is 2.92 bits per heavy atom. The van der Waals surface area contributed by atoms with Crippen LogP contribution >= 0.6 is 11.6 Å². The predicted molar refractivity (Wildman–Crippen MR) is 84.2 cm³/mol. The molecule has 3 aromatic rings. The number of aliphatic hydroxyl groups excluding tert-OH is 1. The van der Waals surface area contributed by atoms with E-state index in [1.54, 1.807) is 19.2 Å². The third kappa shape index (κ3) is 3.06. The van der Waals surface area contributed by atoms with Gasteiger partial charge in [0.25, 0.3) is 11.7 Å². The first-order valence-corrected chi connectivity index (χ1v) is 7.42. The number of nitrogens with one attached hydrogen (secondary N) is 1. The predicted octanol–water partition coefficient (Wildman–Crippen LogP) is 1.69. The van der Waals surface area contributed by atoms with Crippen LogP contribution in [0.1, 0.15) is 27.9 Å². The van der Waals surface area contributed by atoms with Crippen LogP contribution in [0.4, 0.5) is 4.39 Å². The van der Waals surface area contributed by atoms with Crippen LogP contribution in [0.3, 0.4) is 0 Å². The first-order valence-electron chi connectivity index (χ1n) is 7.04. The number of carbonyl (C=O) groups excluding carboxylic acids is 1. The summed E-state index contributed by atoms with van der Waals surface area (Å²) in [6.07, 6.45) is 1.56. The minimum absolute atomic E-state index is 0.0367. The molecule has 0 saturated carbocycles. The Labute approximate surface area is 141 Å². The second-order valence-corrected chi connectivity index (χ2v) is 5.52. The van der Waals surface area contributed by atoms with Crippen LogP contribution in [0.15, 0.2) is 30.5 Å². The smallest absolute Gasteiger partial charge is 0.291 e. The standard InChI is InChI=1S/C15H13ClFN5O2/c1-8-4-5-18-15-20-13(21-22(8)15)14(24)19-12(7-23)9-2-3-10(16)11(17)6-9/h2-6,12,23H,7H2,1H3,(H,19,24). The molecule has 0 aliphatic heterocycles. The Balaban J connectivity index is 1.85. The SMILES string of the molecule is Cc1ccnc2nc(C(=O)NC(CO)c3ccc(Cl)c(F)c3)nn12. The summed E-state index contributed by atoms with van der Waals surface area (Å²) in [5.74, 6) is -1.04. The summed E-state index contributed by atoms with van der Waals surface area (Å²) in [6.45, 7) is 1.38. The number of fused-ring (bicyclic) bond motifs is 1. The molecule has 1 amide bonds. The second-order valence-electron chi connectivity index (χ2n) is 5.12. The van der Waals surface area contributed by atoms with E-state index in [2.05, 4.69) is 20.4 Å². The number of carbonyl (C=O) groups is 1. The zero-order valence-electron chi connectivity index (χ0n) is 12.6. The van der Waals surface area contributed by atoms with Crippen molar-refractivity contribution >= 4 is 23.3 Å². The van der Waals surface area contributed by atoms with E-state index in [0.717, 1.165) is 11.8 Å². The Bertz CT molecular complexity index is 914. The highest BCUT2D eigenvalue weighted by molar-refractivity contribution is 6.30. The highest BCUT2D eigenvalue weighted by Gasteiger charge is 2.20. The monoisotopic (exact) mass is 349 g/mol. The molecule has 0 saturated heterocycles. The third-order valence-electron chi connectivity index (χ3n) is 3.47. The summed E-state index contributed by atoms with van der Waals surface area (Å²) in [4.78, 5) is 20.4. The fraction of sp³-hybridized carbons (Fsp3) is 0.200. The first-order chi connectivity index (χ1) is 11.5. The number of halogens is 2. The Kier molecular flexibility index (Phi) is 4.41. The molecular formula is C15H13ClFN5O2. The molecule has 9 heteroatoms. The summed E-state index contributed by atoms with van der Waals surface area (Å²) in [6, 6.07) is 4.96. The van der Waals surface area contributed by atoms with Crippen molar-refractivity contribution in [2.75, 3.05) is 6.61 Å². The molecule has 1 atom stereocenters. The summed E-state index contributed by atoms with van der Waals surface area (Å²) in [7, 11) is 0. The van der Waals surface area contributed by atoms with Crippen LogP contribution in [0, 0.1) is 12.7 Å². The van der Waals surface area contributed by atoms with Crippen molar-refractivity contribution < 1.29 is 14.3 Å². The van der Waals surface area contributed by atoms with Crippen LogP contribution in [0.2, 0.25) is 5.02 Å². The van der Waals surface area contributed by atoms with E-state index in [-0.39, 0.29) is 10.8 Å². The van der Waals surface area contributed by atoms with E-state index in [0.29, 0.717) is 11.3 Å². The fourth-order valence-electron chi connectivity index (χ4n) is 2.19. The molecular weight excluding hydrogens is 337 g/mol. The van der Waals surface area contributed by atoms with Gasteiger partial charge in [-0.1, -0.05) is 17.7 Å². The average molecular weight is 350 g/mol. The number of nitrogens with zero attached hydrogens (tertiary/aromatic N) is 4. The van der Waals surface area contributed by atoms with Gasteiger partial charge in [0.15, 0.2) is 0 Å². The van der Waals surface area contributed by atoms with Crippen LogP contribution in [-0.2, 0) is 0 Å². The Morgan fingerprint density at radius 2 is 2.25 bits per heavy atom. The van der Waals surface area contributed by atoms with Crippen LogP contribution < -0.4 is 5.32 Å². The van der Waals surface area contributed by atoms with Gasteiger partial charge in [0, 0.05) is 11.9 Å². The van der Waals surface area contributed by atoms with Gasteiger partial charge in [0.2, 0.25) is 5.82 Å². The van der Waals surface area contributed by atoms with Gasteiger partial charge in [-0.15, -0.1) is 5.10 Å². The minimum atomic E-state index is -0.815. The lowest BCUT2D eigenvalue weighted by Crippen LogP contribution is -2.31. The number of rotatable bonds is 4. The Hall–Kier alpha value is -2.58. The molecule has 0 aliphatic carbocycles. The van der Waals surface area contributed by atoms with E-state index in [1.807, 2.05) is 0 Å². The molecule has 0 bridgehead atoms. The highest BCUT2D eigenvalue weighted by atomic mass is 35.5. The average Bonchev–Trinajstić information content (AvgIpc) is 3.01. The Morgan fingerprint density at radius 1 is 1.46 bits per heavy atom. The summed E-state index contributed by atoms with van der Waals surface area (Å²) in [5.41, 5.74) is 1.15. The summed E-state index contributed by atoms with van der Waals surface area (Å²) < 4.78 is 15.0. The maximum atomic E-state index is 13.6. The molecule has 2 aromatic heterocycles. The van der Waals surface area contributed by atoms with Crippen molar-refractivity contribution in [3.05, 3.63) is 58.4 Å². The normalized spacial score (nSPS) is 12.3. The van der Waals surface area contributed by atoms with Gasteiger partial charge in [0.1, 0.15) is 5.82 Å². The van der Waals surface area contributed by atoms with Gasteiger partial charge in [-0.3, -0.25) is 4.79 Å². The lowest BCUT2D eigenvalue weighted by atomic mass is 10.1. The second kappa shape index (κ2) is 6.50. The van der Waals surface area contributed by atoms with Crippen LogP contribution in [-0.4, -0.2) is 37.2 Å². The fourth-order valence-corrected chi connectivity index (χ4v) is 2.31. The van der Waals surface area contributed by atoms with Gasteiger partial charge in [-0.25, -0.2) is 13.9 Å². The van der Waals surface area contributed by atoms with Gasteiger partial charge >= 0.3 is 0 Å². The highest BCUT2D eigenvalue weighted by Crippen LogP contribution is 2.20. The molecule has 1 aromatic carbocycles. The van der Waals surface area contributed by atoms with Gasteiger partial charge in [0.05, 0.1) is 17.7 Å². The molecule has 0 radical (unpaired) electrons. The maximum Gasteiger partial charge on any atom is 0.291 e. The number of aromatic nitrogens is 4. The first kappa shape index (κ1) is 16.3. The van der Waals surface area contributed by atoms with E-state index >= 15 is 0 Å². The molecule has 0 spiro atoms. The molecule has 3 rings (SSSR count). The number of aryl methyl sites for hydroxylation is 1. The van der Waals surface area contributed by atoms with Crippen molar-refractivity contribution in [1.29, 1.82) is 0 Å². The van der Waals surface area contributed by atoms with Crippen LogP contribution in [0.5, 0.6) is 0 Å². The molecule has 124 valence electrons. The lowest BCUT2D eigenvalue weighted by molar-refractivity contribution is 0.0905. The van der Waals surface area contributed by atoms with Crippen molar-refractivity contribution in [1.82, 2.24) is 24.9 Å². The van der Waals surface area contributed by atoms with Crippen LogP contribution in [0.25, 0.3) is 5.78 Å². The maximum absolute atomic E-state index is 13.6. The van der Waals surface area contributed by atoms with E-state index < -0.39 is 24.4 Å². The summed E-state index contributed by atoms with van der Waals surface area (Å²) >= 11 is 5.64. The molecule has 2 heterocycles. The largest absolute Gasteiger partial charge is 0.394 e. The number of amides is 1. The molecule has 0 fully saturated rings. The quantitative estimate of drug-likeness (QED) is 0.747. The molecule has 1 unspecified atom stereocenters. The number of benzene rings is 1. The third-order valence-corrected chi connectivity index (χ3v) is 3.77. The lowest BCUT2D eigenvalue weighted by Gasteiger charge is -2.16. The van der Waals surface area contributed by atoms with Crippen molar-refractivity contribution in [2.24, 2.45) is 0 Å². The summed E-state index contributed by atoms with van der Waals surface area (Å²) in [5, 5.41) is 16.1. The van der Waals surface area contributed by atoms with E-state index in [4.69, 9.17) is 11.6 Å². The number of hydrogen-bond acceptors (Lipinski definition) is 5. The number of hydrogen-bond donors (Lipinski definition) is 2. The van der Waals surface area contributed by atoms with E-state index in [1.165, 1.54) is 16.6 Å². The minimum Gasteiger partial charge on any atom is -0.394 e. The van der Waals surface area contributed by atoms with Gasteiger partial charge in [-0.2, -0.15) is 4.98 Å². The molecule has 0 aliphatic rings. The van der Waals surface area contributed by atoms with Crippen molar-refractivity contribution in [2.45, 2.75) is 13.0 Å². The zero-order valence-corrected chi connectivity index (χ0v) is 13.3. The van der Waals surface area contributed by atoms with Crippen molar-refractivity contribution in [3.63, 3.8) is 0 Å².